The Bertz CT molecular complexity index is 1190. The molecule has 0 saturated carbocycles. The van der Waals surface area contributed by atoms with Gasteiger partial charge in [0.25, 0.3) is 5.91 Å². The fraction of sp³-hybridized carbons (Fsp3) is 0.348. The smallest absolute Gasteiger partial charge is 0.325 e. The maximum Gasteiger partial charge on any atom is 0.325 e. The number of amides is 4. The second-order valence-corrected chi connectivity index (χ2v) is 9.78. The molecule has 34 heavy (non-hydrogen) atoms. The van der Waals surface area contributed by atoms with Crippen LogP contribution in [0.25, 0.3) is 0 Å². The van der Waals surface area contributed by atoms with E-state index in [1.54, 1.807) is 45.0 Å². The normalized spacial score (nSPS) is 18.2. The van der Waals surface area contributed by atoms with Gasteiger partial charge in [0.05, 0.1) is 12.0 Å². The average molecular weight is 489 g/mol. The molecule has 1 aliphatic heterocycles. The first-order chi connectivity index (χ1) is 16.1. The zero-order valence-electron chi connectivity index (χ0n) is 19.5. The third kappa shape index (κ3) is 4.75. The molecule has 1 saturated heterocycles. The van der Waals surface area contributed by atoms with Gasteiger partial charge in [-0.1, -0.05) is 26.0 Å². The van der Waals surface area contributed by atoms with Crippen molar-refractivity contribution in [2.75, 3.05) is 32.1 Å². The number of hydrogen-bond acceptors (Lipinski definition) is 6. The van der Waals surface area contributed by atoms with Crippen LogP contribution in [0.5, 0.6) is 5.75 Å². The Morgan fingerprint density at radius 1 is 1.12 bits per heavy atom. The largest absolute Gasteiger partial charge is 0.497 e. The number of carbonyl (C=O) groups excluding carboxylic acids is 3. The Labute approximate surface area is 198 Å². The summed E-state index contributed by atoms with van der Waals surface area (Å²) in [5.74, 6) is -0.636. The van der Waals surface area contributed by atoms with Crippen molar-refractivity contribution in [1.82, 2.24) is 14.5 Å². The van der Waals surface area contributed by atoms with Gasteiger partial charge in [-0.3, -0.25) is 14.5 Å². The summed E-state index contributed by atoms with van der Waals surface area (Å²) >= 11 is 0. The SMILES string of the molecule is CCN(CC)S(=O)(=O)c1ccc(NC(=O)CN2C(=O)NC(C)(c3cccc(OC)c3)C2=O)cc1. The molecular formula is C23H28N4O6S. The van der Waals surface area contributed by atoms with Gasteiger partial charge >= 0.3 is 6.03 Å². The molecule has 0 aromatic heterocycles. The first kappa shape index (κ1) is 25.2. The number of anilines is 1. The number of nitrogens with one attached hydrogen (secondary N) is 2. The Kier molecular flexibility index (Phi) is 7.27. The van der Waals surface area contributed by atoms with Gasteiger partial charge in [-0.25, -0.2) is 13.2 Å². The van der Waals surface area contributed by atoms with Crippen molar-refractivity contribution in [1.29, 1.82) is 0 Å². The van der Waals surface area contributed by atoms with E-state index in [1.165, 1.54) is 35.7 Å². The third-order valence-electron chi connectivity index (χ3n) is 5.71. The van der Waals surface area contributed by atoms with E-state index in [9.17, 15) is 22.8 Å². The monoisotopic (exact) mass is 488 g/mol. The molecule has 1 unspecified atom stereocenters. The van der Waals surface area contributed by atoms with E-state index in [1.807, 2.05) is 0 Å². The average Bonchev–Trinajstić information content (AvgIpc) is 3.04. The van der Waals surface area contributed by atoms with Crippen LogP contribution in [0.4, 0.5) is 10.5 Å². The van der Waals surface area contributed by atoms with Crippen molar-refractivity contribution in [3.8, 4) is 5.75 Å². The van der Waals surface area contributed by atoms with E-state index in [2.05, 4.69) is 10.6 Å². The Hall–Kier alpha value is -3.44. The molecule has 11 heteroatoms. The van der Waals surface area contributed by atoms with Gasteiger partial charge in [0.1, 0.15) is 17.8 Å². The van der Waals surface area contributed by atoms with Crippen LogP contribution < -0.4 is 15.4 Å². The molecule has 0 spiro atoms. The van der Waals surface area contributed by atoms with Crippen LogP contribution in [-0.2, 0) is 25.2 Å². The molecule has 1 aliphatic rings. The first-order valence-corrected chi connectivity index (χ1v) is 12.2. The molecule has 0 radical (unpaired) electrons. The minimum Gasteiger partial charge on any atom is -0.497 e. The van der Waals surface area contributed by atoms with Crippen LogP contribution in [0.15, 0.2) is 53.4 Å². The number of rotatable bonds is 9. The number of carbonyl (C=O) groups is 3. The predicted octanol–water partition coefficient (Wildman–Crippen LogP) is 2.13. The van der Waals surface area contributed by atoms with Gasteiger partial charge in [0.15, 0.2) is 0 Å². The molecule has 1 heterocycles. The maximum absolute atomic E-state index is 13.1. The summed E-state index contributed by atoms with van der Waals surface area (Å²) in [6.07, 6.45) is 0. The summed E-state index contributed by atoms with van der Waals surface area (Å²) in [5, 5.41) is 5.23. The summed E-state index contributed by atoms with van der Waals surface area (Å²) < 4.78 is 31.7. The van der Waals surface area contributed by atoms with Crippen molar-refractivity contribution in [2.45, 2.75) is 31.2 Å². The highest BCUT2D eigenvalue weighted by Gasteiger charge is 2.49. The van der Waals surface area contributed by atoms with Crippen molar-refractivity contribution in [3.63, 3.8) is 0 Å². The van der Waals surface area contributed by atoms with E-state index in [4.69, 9.17) is 4.74 Å². The fourth-order valence-corrected chi connectivity index (χ4v) is 5.20. The minimum atomic E-state index is -3.62. The van der Waals surface area contributed by atoms with E-state index in [-0.39, 0.29) is 4.90 Å². The number of imide groups is 1. The lowest BCUT2D eigenvalue weighted by molar-refractivity contribution is -0.133. The summed E-state index contributed by atoms with van der Waals surface area (Å²) in [4.78, 5) is 39.1. The van der Waals surface area contributed by atoms with E-state index >= 15 is 0 Å². The molecule has 4 amide bonds. The number of methoxy groups -OCH3 is 1. The van der Waals surface area contributed by atoms with Crippen LogP contribution >= 0.6 is 0 Å². The second-order valence-electron chi connectivity index (χ2n) is 7.84. The minimum absolute atomic E-state index is 0.109. The van der Waals surface area contributed by atoms with Crippen LogP contribution in [0.1, 0.15) is 26.3 Å². The van der Waals surface area contributed by atoms with Crippen molar-refractivity contribution in [3.05, 3.63) is 54.1 Å². The molecular weight excluding hydrogens is 460 g/mol. The Balaban J connectivity index is 1.70. The van der Waals surface area contributed by atoms with Crippen molar-refractivity contribution in [2.24, 2.45) is 0 Å². The lowest BCUT2D eigenvalue weighted by Gasteiger charge is -2.22. The molecule has 0 aliphatic carbocycles. The topological polar surface area (TPSA) is 125 Å². The van der Waals surface area contributed by atoms with Gasteiger partial charge in [-0.2, -0.15) is 4.31 Å². The zero-order chi connectivity index (χ0) is 25.1. The summed E-state index contributed by atoms with van der Waals surface area (Å²) in [7, 11) is -2.12. The van der Waals surface area contributed by atoms with Gasteiger partial charge in [0.2, 0.25) is 15.9 Å². The zero-order valence-corrected chi connectivity index (χ0v) is 20.3. The second kappa shape index (κ2) is 9.82. The molecule has 2 aromatic rings. The Morgan fingerprint density at radius 3 is 2.35 bits per heavy atom. The summed E-state index contributed by atoms with van der Waals surface area (Å²) in [6, 6.07) is 11.8. The molecule has 182 valence electrons. The number of hydrogen-bond donors (Lipinski definition) is 2. The lowest BCUT2D eigenvalue weighted by Crippen LogP contribution is -2.42. The van der Waals surface area contributed by atoms with Crippen LogP contribution in [0.2, 0.25) is 0 Å². The molecule has 10 nitrogen and oxygen atoms in total. The van der Waals surface area contributed by atoms with Gasteiger partial charge < -0.3 is 15.4 Å². The number of sulfonamides is 1. The van der Waals surface area contributed by atoms with E-state index in [0.717, 1.165) is 4.90 Å². The lowest BCUT2D eigenvalue weighted by atomic mass is 9.92. The number of benzene rings is 2. The van der Waals surface area contributed by atoms with Crippen LogP contribution in [0, 0.1) is 0 Å². The molecule has 0 bridgehead atoms. The number of urea groups is 1. The number of nitrogens with zero attached hydrogens (tertiary/aromatic N) is 2. The van der Waals surface area contributed by atoms with Crippen molar-refractivity contribution >= 4 is 33.6 Å². The Morgan fingerprint density at radius 2 is 1.76 bits per heavy atom. The maximum atomic E-state index is 13.1. The summed E-state index contributed by atoms with van der Waals surface area (Å²) in [6.45, 7) is 5.27. The van der Waals surface area contributed by atoms with Gasteiger partial charge in [-0.15, -0.1) is 0 Å². The third-order valence-corrected chi connectivity index (χ3v) is 7.77. The van der Waals surface area contributed by atoms with Gasteiger partial charge in [-0.05, 0) is 48.9 Å². The number of ether oxygens (including phenoxy) is 1. The molecule has 3 rings (SSSR count). The summed E-state index contributed by atoms with van der Waals surface area (Å²) in [5.41, 5.74) is -0.476. The fourth-order valence-electron chi connectivity index (χ4n) is 3.74. The molecule has 2 N–H and O–H groups in total. The molecule has 1 atom stereocenters. The standard InChI is InChI=1S/C23H28N4O6S/c1-5-26(6-2)34(31,32)19-12-10-17(11-13-19)24-20(28)15-27-21(29)23(3,25-22(27)30)16-8-7-9-18(14-16)33-4/h7-14H,5-6,15H2,1-4H3,(H,24,28)(H,25,30). The highest BCUT2D eigenvalue weighted by atomic mass is 32.2. The van der Waals surface area contributed by atoms with Gasteiger partial charge in [0, 0.05) is 18.8 Å². The van der Waals surface area contributed by atoms with Crippen LogP contribution in [-0.4, -0.2) is 62.2 Å². The highest BCUT2D eigenvalue weighted by Crippen LogP contribution is 2.30. The molecule has 1 fully saturated rings. The van der Waals surface area contributed by atoms with E-state index < -0.39 is 40.0 Å². The highest BCUT2D eigenvalue weighted by molar-refractivity contribution is 7.89. The quantitative estimate of drug-likeness (QED) is 0.521. The van der Waals surface area contributed by atoms with Crippen LogP contribution in [0.3, 0.4) is 0 Å². The van der Waals surface area contributed by atoms with Crippen molar-refractivity contribution < 1.29 is 27.5 Å². The van der Waals surface area contributed by atoms with E-state index in [0.29, 0.717) is 30.1 Å². The molecule has 2 aromatic carbocycles. The first-order valence-electron chi connectivity index (χ1n) is 10.8. The predicted molar refractivity (Wildman–Crippen MR) is 126 cm³/mol.